The lowest BCUT2D eigenvalue weighted by Crippen LogP contribution is -2.45. The maximum atomic E-state index is 2.57. The Kier molecular flexibility index (Phi) is 4.96. The van der Waals surface area contributed by atoms with Gasteiger partial charge in [0.1, 0.15) is 0 Å². The van der Waals surface area contributed by atoms with E-state index in [1.165, 1.54) is 29.9 Å². The number of nitrogens with zero attached hydrogens (tertiary/aromatic N) is 3. The van der Waals surface area contributed by atoms with Gasteiger partial charge in [-0.15, -0.1) is 0 Å². The fourth-order valence-electron chi connectivity index (χ4n) is 3.13. The van der Waals surface area contributed by atoms with Gasteiger partial charge in [-0.2, -0.15) is 0 Å². The molecule has 0 spiro atoms. The van der Waals surface area contributed by atoms with E-state index in [1.807, 2.05) is 0 Å². The molecule has 1 aromatic heterocycles. The standard InChI is InChI=1S/C19H27N3/c1-3-17-6-8-18(9-7-17)15-21-11-13-22(14-12-21)16-19-5-4-10-20(19)2/h4-10H,3,11-16H2,1-2H3. The zero-order chi connectivity index (χ0) is 15.4. The van der Waals surface area contributed by atoms with Crippen molar-refractivity contribution in [3.8, 4) is 0 Å². The number of rotatable bonds is 5. The van der Waals surface area contributed by atoms with Gasteiger partial charge in [0.05, 0.1) is 0 Å². The van der Waals surface area contributed by atoms with Gasteiger partial charge in [-0.3, -0.25) is 9.80 Å². The number of aryl methyl sites for hydroxylation is 2. The molecular formula is C19H27N3. The van der Waals surface area contributed by atoms with E-state index in [0.717, 1.165) is 32.6 Å². The summed E-state index contributed by atoms with van der Waals surface area (Å²) in [5.41, 5.74) is 4.27. The van der Waals surface area contributed by atoms with Crippen LogP contribution in [0, 0.1) is 0 Å². The van der Waals surface area contributed by atoms with Gasteiger partial charge in [0.25, 0.3) is 0 Å². The fraction of sp³-hybridized carbons (Fsp3) is 0.474. The summed E-state index contributed by atoms with van der Waals surface area (Å²) in [6.45, 7) is 9.03. The molecule has 3 heteroatoms. The van der Waals surface area contributed by atoms with Crippen molar-refractivity contribution in [3.05, 3.63) is 59.4 Å². The van der Waals surface area contributed by atoms with Crippen molar-refractivity contribution >= 4 is 0 Å². The molecule has 22 heavy (non-hydrogen) atoms. The molecule has 0 aliphatic carbocycles. The molecule has 2 aromatic rings. The fourth-order valence-corrected chi connectivity index (χ4v) is 3.13. The third-order valence-electron chi connectivity index (χ3n) is 4.74. The summed E-state index contributed by atoms with van der Waals surface area (Å²) in [6.07, 6.45) is 3.25. The normalized spacial score (nSPS) is 17.0. The topological polar surface area (TPSA) is 11.4 Å². The average Bonchev–Trinajstić information content (AvgIpc) is 2.95. The molecule has 0 amide bonds. The quantitative estimate of drug-likeness (QED) is 0.841. The summed E-state index contributed by atoms with van der Waals surface area (Å²) in [4.78, 5) is 5.13. The Morgan fingerprint density at radius 2 is 1.41 bits per heavy atom. The molecule has 118 valence electrons. The summed E-state index contributed by atoms with van der Waals surface area (Å²) in [7, 11) is 2.13. The van der Waals surface area contributed by atoms with Crippen molar-refractivity contribution in [1.82, 2.24) is 14.4 Å². The summed E-state index contributed by atoms with van der Waals surface area (Å²) in [5.74, 6) is 0. The lowest BCUT2D eigenvalue weighted by Gasteiger charge is -2.34. The van der Waals surface area contributed by atoms with E-state index in [2.05, 4.69) is 70.9 Å². The Labute approximate surface area is 134 Å². The first kappa shape index (κ1) is 15.3. The van der Waals surface area contributed by atoms with Gasteiger partial charge < -0.3 is 4.57 Å². The van der Waals surface area contributed by atoms with Crippen molar-refractivity contribution < 1.29 is 0 Å². The molecule has 0 bridgehead atoms. The molecule has 3 nitrogen and oxygen atoms in total. The monoisotopic (exact) mass is 297 g/mol. The highest BCUT2D eigenvalue weighted by Crippen LogP contribution is 2.12. The van der Waals surface area contributed by atoms with Crippen LogP contribution in [0.5, 0.6) is 0 Å². The lowest BCUT2D eigenvalue weighted by molar-refractivity contribution is 0.120. The van der Waals surface area contributed by atoms with E-state index in [-0.39, 0.29) is 0 Å². The molecule has 0 radical (unpaired) electrons. The van der Waals surface area contributed by atoms with Crippen LogP contribution in [0.15, 0.2) is 42.6 Å². The SMILES string of the molecule is CCc1ccc(CN2CCN(Cc3cccn3C)CC2)cc1. The number of aromatic nitrogens is 1. The van der Waals surface area contributed by atoms with Crippen molar-refractivity contribution in [2.45, 2.75) is 26.4 Å². The van der Waals surface area contributed by atoms with Crippen molar-refractivity contribution in [1.29, 1.82) is 0 Å². The summed E-state index contributed by atoms with van der Waals surface area (Å²) in [5, 5.41) is 0. The Morgan fingerprint density at radius 3 is 1.95 bits per heavy atom. The van der Waals surface area contributed by atoms with Crippen LogP contribution in [0.4, 0.5) is 0 Å². The molecule has 0 atom stereocenters. The van der Waals surface area contributed by atoms with E-state index in [0.29, 0.717) is 0 Å². The van der Waals surface area contributed by atoms with E-state index in [4.69, 9.17) is 0 Å². The van der Waals surface area contributed by atoms with Crippen molar-refractivity contribution in [3.63, 3.8) is 0 Å². The van der Waals surface area contributed by atoms with Gasteiger partial charge in [0, 0.05) is 58.2 Å². The molecule has 1 fully saturated rings. The van der Waals surface area contributed by atoms with Crippen LogP contribution in [0.25, 0.3) is 0 Å². The van der Waals surface area contributed by atoms with Gasteiger partial charge >= 0.3 is 0 Å². The van der Waals surface area contributed by atoms with Crippen LogP contribution in [0.1, 0.15) is 23.7 Å². The first-order chi connectivity index (χ1) is 10.7. The molecule has 1 aliphatic rings. The van der Waals surface area contributed by atoms with Crippen LogP contribution in [0.3, 0.4) is 0 Å². The highest BCUT2D eigenvalue weighted by molar-refractivity contribution is 5.22. The first-order valence-corrected chi connectivity index (χ1v) is 8.37. The summed E-state index contributed by atoms with van der Waals surface area (Å²) < 4.78 is 2.22. The Morgan fingerprint density at radius 1 is 0.818 bits per heavy atom. The second-order valence-electron chi connectivity index (χ2n) is 6.33. The number of hydrogen-bond acceptors (Lipinski definition) is 2. The van der Waals surface area contributed by atoms with Gasteiger partial charge in [0.2, 0.25) is 0 Å². The van der Waals surface area contributed by atoms with Gasteiger partial charge in [-0.05, 0) is 29.7 Å². The van der Waals surface area contributed by atoms with E-state index >= 15 is 0 Å². The maximum absolute atomic E-state index is 2.57. The molecule has 2 heterocycles. The molecule has 1 saturated heterocycles. The first-order valence-electron chi connectivity index (χ1n) is 8.37. The highest BCUT2D eigenvalue weighted by Gasteiger charge is 2.17. The summed E-state index contributed by atoms with van der Waals surface area (Å²) in [6, 6.07) is 13.5. The average molecular weight is 297 g/mol. The molecule has 1 aromatic carbocycles. The molecule has 0 saturated carbocycles. The molecule has 0 unspecified atom stereocenters. The largest absolute Gasteiger partial charge is 0.353 e. The van der Waals surface area contributed by atoms with Crippen LogP contribution < -0.4 is 0 Å². The Balaban J connectivity index is 1.48. The second-order valence-corrected chi connectivity index (χ2v) is 6.33. The summed E-state index contributed by atoms with van der Waals surface area (Å²) >= 11 is 0. The molecule has 1 aliphatic heterocycles. The minimum absolute atomic E-state index is 1.07. The number of hydrogen-bond donors (Lipinski definition) is 0. The highest BCUT2D eigenvalue weighted by atomic mass is 15.3. The maximum Gasteiger partial charge on any atom is 0.0388 e. The third-order valence-corrected chi connectivity index (χ3v) is 4.74. The van der Waals surface area contributed by atoms with E-state index < -0.39 is 0 Å². The van der Waals surface area contributed by atoms with E-state index in [1.54, 1.807) is 0 Å². The van der Waals surface area contributed by atoms with E-state index in [9.17, 15) is 0 Å². The Bertz CT molecular complexity index is 577. The number of benzene rings is 1. The van der Waals surface area contributed by atoms with Gasteiger partial charge in [-0.25, -0.2) is 0 Å². The minimum atomic E-state index is 1.07. The van der Waals surface area contributed by atoms with Crippen molar-refractivity contribution in [2.75, 3.05) is 26.2 Å². The van der Waals surface area contributed by atoms with Gasteiger partial charge in [0.15, 0.2) is 0 Å². The van der Waals surface area contributed by atoms with Gasteiger partial charge in [-0.1, -0.05) is 31.2 Å². The zero-order valence-electron chi connectivity index (χ0n) is 13.8. The second kappa shape index (κ2) is 7.12. The van der Waals surface area contributed by atoms with Crippen molar-refractivity contribution in [2.24, 2.45) is 7.05 Å². The predicted molar refractivity (Wildman–Crippen MR) is 91.8 cm³/mol. The molecule has 3 rings (SSSR count). The van der Waals surface area contributed by atoms with Crippen LogP contribution in [0.2, 0.25) is 0 Å². The van der Waals surface area contributed by atoms with Crippen LogP contribution >= 0.6 is 0 Å². The lowest BCUT2D eigenvalue weighted by atomic mass is 10.1. The zero-order valence-corrected chi connectivity index (χ0v) is 13.8. The molecular weight excluding hydrogens is 270 g/mol. The third kappa shape index (κ3) is 3.79. The Hall–Kier alpha value is -1.58. The smallest absolute Gasteiger partial charge is 0.0388 e. The predicted octanol–water partition coefficient (Wildman–Crippen LogP) is 2.91. The van der Waals surface area contributed by atoms with Crippen LogP contribution in [-0.4, -0.2) is 40.5 Å². The van der Waals surface area contributed by atoms with Crippen LogP contribution in [-0.2, 0) is 26.6 Å². The molecule has 0 N–H and O–H groups in total. The number of piperazine rings is 1. The minimum Gasteiger partial charge on any atom is -0.353 e.